The molecule has 0 saturated carbocycles. The number of rotatable bonds is 3. The molecule has 0 saturated heterocycles. The van der Waals surface area contributed by atoms with Crippen LogP contribution in [0.25, 0.3) is 0 Å². The highest BCUT2D eigenvalue weighted by Gasteiger charge is 2.03. The van der Waals surface area contributed by atoms with Gasteiger partial charge in [0.15, 0.2) is 0 Å². The molecule has 2 rings (SSSR count). The standard InChI is InChI=1S/C14H13IN2O/c15-11-3-7-13(8-4-11)17-14(18)9-10-1-5-12(16)6-2-10/h1-8H,9,16H2,(H,17,18). The molecule has 0 unspecified atom stereocenters. The van der Waals surface area contributed by atoms with Crippen LogP contribution < -0.4 is 11.1 Å². The summed E-state index contributed by atoms with van der Waals surface area (Å²) in [6.45, 7) is 0. The molecule has 0 heterocycles. The second kappa shape index (κ2) is 5.86. The molecular formula is C14H13IN2O. The number of benzene rings is 2. The van der Waals surface area contributed by atoms with Crippen LogP contribution in [0.4, 0.5) is 11.4 Å². The minimum absolute atomic E-state index is 0.0269. The Morgan fingerprint density at radius 2 is 1.67 bits per heavy atom. The fourth-order valence-electron chi connectivity index (χ4n) is 1.56. The highest BCUT2D eigenvalue weighted by molar-refractivity contribution is 14.1. The fraction of sp³-hybridized carbons (Fsp3) is 0.0714. The normalized spacial score (nSPS) is 10.1. The maximum absolute atomic E-state index is 11.8. The molecule has 0 bridgehead atoms. The van der Waals surface area contributed by atoms with Crippen LogP contribution in [0.1, 0.15) is 5.56 Å². The smallest absolute Gasteiger partial charge is 0.228 e. The van der Waals surface area contributed by atoms with Crippen molar-refractivity contribution in [2.45, 2.75) is 6.42 Å². The van der Waals surface area contributed by atoms with E-state index in [1.54, 1.807) is 12.1 Å². The Kier molecular flexibility index (Phi) is 4.19. The molecule has 2 aromatic carbocycles. The first kappa shape index (κ1) is 12.9. The predicted octanol–water partition coefficient (Wildman–Crippen LogP) is 3.05. The van der Waals surface area contributed by atoms with Gasteiger partial charge in [-0.25, -0.2) is 0 Å². The molecule has 4 heteroatoms. The van der Waals surface area contributed by atoms with Gasteiger partial charge in [-0.3, -0.25) is 4.79 Å². The van der Waals surface area contributed by atoms with E-state index < -0.39 is 0 Å². The Balaban J connectivity index is 1.96. The number of hydrogen-bond donors (Lipinski definition) is 2. The molecule has 1 amide bonds. The second-order valence-corrected chi connectivity index (χ2v) is 5.22. The van der Waals surface area contributed by atoms with Crippen molar-refractivity contribution in [3.05, 3.63) is 57.7 Å². The van der Waals surface area contributed by atoms with Crippen LogP contribution in [-0.4, -0.2) is 5.91 Å². The number of amides is 1. The van der Waals surface area contributed by atoms with E-state index in [0.717, 1.165) is 14.8 Å². The molecule has 92 valence electrons. The van der Waals surface area contributed by atoms with Gasteiger partial charge >= 0.3 is 0 Å². The lowest BCUT2D eigenvalue weighted by atomic mass is 10.1. The Morgan fingerprint density at radius 3 is 2.28 bits per heavy atom. The van der Waals surface area contributed by atoms with Gasteiger partial charge in [0, 0.05) is 14.9 Å². The summed E-state index contributed by atoms with van der Waals surface area (Å²) in [6, 6.07) is 15.0. The summed E-state index contributed by atoms with van der Waals surface area (Å²) in [7, 11) is 0. The van der Waals surface area contributed by atoms with Crippen molar-refractivity contribution in [3.63, 3.8) is 0 Å². The predicted molar refractivity (Wildman–Crippen MR) is 82.3 cm³/mol. The van der Waals surface area contributed by atoms with Gasteiger partial charge in [0.1, 0.15) is 0 Å². The minimum Gasteiger partial charge on any atom is -0.399 e. The van der Waals surface area contributed by atoms with E-state index in [0.29, 0.717) is 12.1 Å². The van der Waals surface area contributed by atoms with E-state index in [4.69, 9.17) is 5.73 Å². The highest BCUT2D eigenvalue weighted by Crippen LogP contribution is 2.12. The van der Waals surface area contributed by atoms with E-state index in [1.807, 2.05) is 36.4 Å². The Hall–Kier alpha value is -1.56. The number of anilines is 2. The van der Waals surface area contributed by atoms with Gasteiger partial charge in [0.05, 0.1) is 6.42 Å². The molecule has 0 aliphatic heterocycles. The van der Waals surface area contributed by atoms with Gasteiger partial charge in [-0.2, -0.15) is 0 Å². The molecular weight excluding hydrogens is 339 g/mol. The number of nitrogens with two attached hydrogens (primary N) is 1. The van der Waals surface area contributed by atoms with Crippen LogP contribution in [0, 0.1) is 3.57 Å². The van der Waals surface area contributed by atoms with Crippen LogP contribution in [0.3, 0.4) is 0 Å². The lowest BCUT2D eigenvalue weighted by Crippen LogP contribution is -2.14. The highest BCUT2D eigenvalue weighted by atomic mass is 127. The van der Waals surface area contributed by atoms with Gasteiger partial charge in [-0.1, -0.05) is 12.1 Å². The van der Waals surface area contributed by atoms with Crippen LogP contribution in [0.5, 0.6) is 0 Å². The third-order valence-corrected chi connectivity index (χ3v) is 3.19. The minimum atomic E-state index is -0.0269. The number of carbonyl (C=O) groups is 1. The molecule has 3 N–H and O–H groups in total. The first-order chi connectivity index (χ1) is 8.63. The van der Waals surface area contributed by atoms with E-state index in [1.165, 1.54) is 0 Å². The largest absolute Gasteiger partial charge is 0.399 e. The average molecular weight is 352 g/mol. The zero-order valence-electron chi connectivity index (χ0n) is 9.69. The van der Waals surface area contributed by atoms with Crippen molar-refractivity contribution in [1.82, 2.24) is 0 Å². The van der Waals surface area contributed by atoms with Crippen molar-refractivity contribution in [1.29, 1.82) is 0 Å². The van der Waals surface area contributed by atoms with Crippen LogP contribution in [0.2, 0.25) is 0 Å². The Labute approximate surface area is 120 Å². The summed E-state index contributed by atoms with van der Waals surface area (Å²) in [5.74, 6) is -0.0269. The monoisotopic (exact) mass is 352 g/mol. The number of nitrogens with one attached hydrogen (secondary N) is 1. The van der Waals surface area contributed by atoms with Gasteiger partial charge < -0.3 is 11.1 Å². The first-order valence-corrected chi connectivity index (χ1v) is 6.61. The summed E-state index contributed by atoms with van der Waals surface area (Å²) in [5.41, 5.74) is 8.07. The zero-order chi connectivity index (χ0) is 13.0. The molecule has 0 aliphatic rings. The van der Waals surface area contributed by atoms with E-state index >= 15 is 0 Å². The molecule has 0 aliphatic carbocycles. The van der Waals surface area contributed by atoms with Gasteiger partial charge in [-0.15, -0.1) is 0 Å². The van der Waals surface area contributed by atoms with Crippen LogP contribution in [0.15, 0.2) is 48.5 Å². The van der Waals surface area contributed by atoms with Crippen molar-refractivity contribution in [2.75, 3.05) is 11.1 Å². The lowest BCUT2D eigenvalue weighted by molar-refractivity contribution is -0.115. The maximum Gasteiger partial charge on any atom is 0.228 e. The molecule has 0 radical (unpaired) electrons. The molecule has 2 aromatic rings. The molecule has 3 nitrogen and oxygen atoms in total. The molecule has 0 spiro atoms. The second-order valence-electron chi connectivity index (χ2n) is 3.97. The quantitative estimate of drug-likeness (QED) is 0.659. The van der Waals surface area contributed by atoms with Crippen molar-refractivity contribution >= 4 is 39.9 Å². The van der Waals surface area contributed by atoms with Crippen molar-refractivity contribution < 1.29 is 4.79 Å². The topological polar surface area (TPSA) is 55.1 Å². The molecule has 0 atom stereocenters. The fourth-order valence-corrected chi connectivity index (χ4v) is 1.92. The molecule has 0 aromatic heterocycles. The van der Waals surface area contributed by atoms with Crippen LogP contribution >= 0.6 is 22.6 Å². The Morgan fingerprint density at radius 1 is 1.06 bits per heavy atom. The number of hydrogen-bond acceptors (Lipinski definition) is 2. The summed E-state index contributed by atoms with van der Waals surface area (Å²) in [5, 5.41) is 2.86. The lowest BCUT2D eigenvalue weighted by Gasteiger charge is -2.05. The summed E-state index contributed by atoms with van der Waals surface area (Å²) in [6.07, 6.45) is 0.353. The molecule has 18 heavy (non-hydrogen) atoms. The number of carbonyl (C=O) groups excluding carboxylic acids is 1. The summed E-state index contributed by atoms with van der Waals surface area (Å²) in [4.78, 5) is 11.8. The van der Waals surface area contributed by atoms with Crippen molar-refractivity contribution in [3.8, 4) is 0 Å². The Bertz CT molecular complexity index is 485. The third-order valence-electron chi connectivity index (χ3n) is 2.47. The van der Waals surface area contributed by atoms with Crippen LogP contribution in [-0.2, 0) is 11.2 Å². The summed E-state index contributed by atoms with van der Waals surface area (Å²) >= 11 is 2.23. The van der Waals surface area contributed by atoms with E-state index in [9.17, 15) is 4.79 Å². The number of halogens is 1. The SMILES string of the molecule is Nc1ccc(CC(=O)Nc2ccc(I)cc2)cc1. The average Bonchev–Trinajstić information content (AvgIpc) is 2.35. The van der Waals surface area contributed by atoms with E-state index in [-0.39, 0.29) is 5.91 Å². The summed E-state index contributed by atoms with van der Waals surface area (Å²) < 4.78 is 1.14. The molecule has 0 fully saturated rings. The van der Waals surface area contributed by atoms with Gasteiger partial charge in [-0.05, 0) is 64.6 Å². The van der Waals surface area contributed by atoms with E-state index in [2.05, 4.69) is 27.9 Å². The first-order valence-electron chi connectivity index (χ1n) is 5.53. The zero-order valence-corrected chi connectivity index (χ0v) is 11.8. The van der Waals surface area contributed by atoms with Gasteiger partial charge in [0.25, 0.3) is 0 Å². The number of nitrogen functional groups attached to an aromatic ring is 1. The maximum atomic E-state index is 11.8. The van der Waals surface area contributed by atoms with Crippen molar-refractivity contribution in [2.24, 2.45) is 0 Å². The third kappa shape index (κ3) is 3.73. The van der Waals surface area contributed by atoms with Gasteiger partial charge in [0.2, 0.25) is 5.91 Å².